The fourth-order valence-electron chi connectivity index (χ4n) is 0.555. The Labute approximate surface area is 48.4 Å². The van der Waals surface area contributed by atoms with Crippen molar-refractivity contribution in [3.8, 4) is 0 Å². The van der Waals surface area contributed by atoms with Crippen molar-refractivity contribution in [3.63, 3.8) is 0 Å². The minimum atomic E-state index is 0.770. The van der Waals surface area contributed by atoms with E-state index in [1.54, 1.807) is 23.5 Å². The summed E-state index contributed by atoms with van der Waals surface area (Å²) in [5.74, 6) is 0. The van der Waals surface area contributed by atoms with Crippen LogP contribution in [0.3, 0.4) is 0 Å². The Kier molecular flexibility index (Phi) is 1.12. The van der Waals surface area contributed by atoms with Gasteiger partial charge in [-0.15, -0.1) is 0 Å². The minimum Gasteiger partial charge on any atom is -0.397 e. The fourth-order valence-corrected chi connectivity index (χ4v) is 0.555. The van der Waals surface area contributed by atoms with E-state index in [0.717, 1.165) is 5.70 Å². The standard InChI is InChI=1S/C5H9N3/c1-8-4-5(6)2-3-7-8/h2-4,7H,6H2,1H3. The summed E-state index contributed by atoms with van der Waals surface area (Å²) in [4.78, 5) is 0. The molecular formula is C5H9N3. The summed E-state index contributed by atoms with van der Waals surface area (Å²) in [6, 6.07) is 0. The molecule has 0 unspecified atom stereocenters. The van der Waals surface area contributed by atoms with Crippen LogP contribution in [0.4, 0.5) is 0 Å². The van der Waals surface area contributed by atoms with Gasteiger partial charge in [0.2, 0.25) is 0 Å². The Morgan fingerprint density at radius 3 is 2.88 bits per heavy atom. The minimum absolute atomic E-state index is 0.770. The Balaban J connectivity index is 2.63. The normalized spacial score (nSPS) is 17.6. The number of hydrogen-bond donors (Lipinski definition) is 2. The molecule has 0 aromatic carbocycles. The molecule has 0 amide bonds. The molecule has 44 valence electrons. The largest absolute Gasteiger partial charge is 0.397 e. The van der Waals surface area contributed by atoms with Gasteiger partial charge in [0.05, 0.1) is 5.70 Å². The number of allylic oxidation sites excluding steroid dienone is 1. The second kappa shape index (κ2) is 1.78. The van der Waals surface area contributed by atoms with Crippen LogP contribution in [0.25, 0.3) is 0 Å². The molecule has 0 aliphatic carbocycles. The van der Waals surface area contributed by atoms with Gasteiger partial charge in [0.25, 0.3) is 0 Å². The zero-order valence-electron chi connectivity index (χ0n) is 4.76. The van der Waals surface area contributed by atoms with Crippen LogP contribution in [0, 0.1) is 0 Å². The summed E-state index contributed by atoms with van der Waals surface area (Å²) in [5, 5.41) is 1.79. The van der Waals surface area contributed by atoms with Gasteiger partial charge in [-0.3, -0.25) is 5.01 Å². The summed E-state index contributed by atoms with van der Waals surface area (Å²) >= 11 is 0. The first kappa shape index (κ1) is 5.03. The maximum absolute atomic E-state index is 5.42. The zero-order chi connectivity index (χ0) is 5.98. The van der Waals surface area contributed by atoms with E-state index < -0.39 is 0 Å². The van der Waals surface area contributed by atoms with Crippen LogP contribution in [0.5, 0.6) is 0 Å². The third kappa shape index (κ3) is 0.932. The lowest BCUT2D eigenvalue weighted by atomic mass is 10.4. The molecule has 1 aliphatic rings. The van der Waals surface area contributed by atoms with Crippen LogP contribution in [-0.4, -0.2) is 12.1 Å². The third-order valence-corrected chi connectivity index (χ3v) is 0.897. The van der Waals surface area contributed by atoms with Crippen molar-refractivity contribution in [3.05, 3.63) is 24.2 Å². The van der Waals surface area contributed by atoms with Gasteiger partial charge in [-0.2, -0.15) is 0 Å². The molecule has 1 rings (SSSR count). The fraction of sp³-hybridized carbons (Fsp3) is 0.200. The van der Waals surface area contributed by atoms with Gasteiger partial charge in [0.15, 0.2) is 0 Å². The number of rotatable bonds is 0. The summed E-state index contributed by atoms with van der Waals surface area (Å²) in [5.41, 5.74) is 9.10. The van der Waals surface area contributed by atoms with Gasteiger partial charge < -0.3 is 11.2 Å². The first-order valence-corrected chi connectivity index (χ1v) is 2.42. The topological polar surface area (TPSA) is 41.3 Å². The van der Waals surface area contributed by atoms with Crippen LogP contribution in [0.1, 0.15) is 0 Å². The van der Waals surface area contributed by atoms with Crippen LogP contribution < -0.4 is 11.2 Å². The lowest BCUT2D eigenvalue weighted by molar-refractivity contribution is 0.378. The second-order valence-corrected chi connectivity index (χ2v) is 1.70. The van der Waals surface area contributed by atoms with E-state index >= 15 is 0 Å². The molecule has 1 aliphatic heterocycles. The van der Waals surface area contributed by atoms with Crippen molar-refractivity contribution in [1.29, 1.82) is 0 Å². The molecule has 0 aromatic heterocycles. The zero-order valence-corrected chi connectivity index (χ0v) is 4.76. The monoisotopic (exact) mass is 111 g/mol. The van der Waals surface area contributed by atoms with E-state index in [-0.39, 0.29) is 0 Å². The Morgan fingerprint density at radius 2 is 2.50 bits per heavy atom. The quantitative estimate of drug-likeness (QED) is 0.453. The van der Waals surface area contributed by atoms with E-state index in [2.05, 4.69) is 5.43 Å². The average molecular weight is 111 g/mol. The van der Waals surface area contributed by atoms with Gasteiger partial charge in [-0.25, -0.2) is 0 Å². The maximum Gasteiger partial charge on any atom is 0.0510 e. The van der Waals surface area contributed by atoms with Gasteiger partial charge in [0, 0.05) is 19.4 Å². The van der Waals surface area contributed by atoms with Crippen LogP contribution >= 0.6 is 0 Å². The molecular weight excluding hydrogens is 102 g/mol. The summed E-state index contributed by atoms with van der Waals surface area (Å²) in [6.45, 7) is 0. The Morgan fingerprint density at radius 1 is 1.75 bits per heavy atom. The van der Waals surface area contributed by atoms with Gasteiger partial charge >= 0.3 is 0 Å². The van der Waals surface area contributed by atoms with Crippen molar-refractivity contribution in [1.82, 2.24) is 10.4 Å². The number of nitrogens with two attached hydrogens (primary N) is 1. The highest BCUT2D eigenvalue weighted by molar-refractivity contribution is 5.15. The number of nitrogens with one attached hydrogen (secondary N) is 1. The van der Waals surface area contributed by atoms with E-state index in [1.807, 2.05) is 7.05 Å². The summed E-state index contributed by atoms with van der Waals surface area (Å²) < 4.78 is 0. The third-order valence-electron chi connectivity index (χ3n) is 0.897. The molecule has 3 N–H and O–H groups in total. The van der Waals surface area contributed by atoms with Crippen molar-refractivity contribution < 1.29 is 0 Å². The summed E-state index contributed by atoms with van der Waals surface area (Å²) in [7, 11) is 1.89. The molecule has 3 heteroatoms. The maximum atomic E-state index is 5.42. The highest BCUT2D eigenvalue weighted by Gasteiger charge is 1.91. The van der Waals surface area contributed by atoms with E-state index in [9.17, 15) is 0 Å². The van der Waals surface area contributed by atoms with Crippen molar-refractivity contribution >= 4 is 0 Å². The lowest BCUT2D eigenvalue weighted by Gasteiger charge is -2.17. The molecule has 0 bridgehead atoms. The van der Waals surface area contributed by atoms with E-state index in [4.69, 9.17) is 5.73 Å². The molecule has 0 spiro atoms. The molecule has 8 heavy (non-hydrogen) atoms. The second-order valence-electron chi connectivity index (χ2n) is 1.70. The first-order valence-electron chi connectivity index (χ1n) is 2.42. The number of hydrazine groups is 1. The van der Waals surface area contributed by atoms with E-state index in [0.29, 0.717) is 0 Å². The van der Waals surface area contributed by atoms with E-state index in [1.165, 1.54) is 0 Å². The number of nitrogens with zero attached hydrogens (tertiary/aromatic N) is 1. The van der Waals surface area contributed by atoms with Crippen molar-refractivity contribution in [2.45, 2.75) is 0 Å². The molecule has 0 fully saturated rings. The molecule has 1 heterocycles. The smallest absolute Gasteiger partial charge is 0.0510 e. The Bertz CT molecular complexity index is 137. The molecule has 0 atom stereocenters. The lowest BCUT2D eigenvalue weighted by Crippen LogP contribution is -2.28. The molecule has 0 saturated heterocycles. The molecule has 0 aromatic rings. The van der Waals surface area contributed by atoms with Crippen molar-refractivity contribution in [2.24, 2.45) is 5.73 Å². The highest BCUT2D eigenvalue weighted by Crippen LogP contribution is 1.92. The van der Waals surface area contributed by atoms with Gasteiger partial charge in [0.1, 0.15) is 0 Å². The highest BCUT2D eigenvalue weighted by atomic mass is 15.5. The molecule has 0 radical (unpaired) electrons. The SMILES string of the molecule is CN1C=C(N)C=CN1. The van der Waals surface area contributed by atoms with Gasteiger partial charge in [-0.05, 0) is 6.08 Å². The van der Waals surface area contributed by atoms with Crippen LogP contribution in [0.15, 0.2) is 24.2 Å². The van der Waals surface area contributed by atoms with Crippen molar-refractivity contribution in [2.75, 3.05) is 7.05 Å². The first-order chi connectivity index (χ1) is 3.79. The summed E-state index contributed by atoms with van der Waals surface area (Å²) in [6.07, 6.45) is 5.40. The predicted octanol–water partition coefficient (Wildman–Crippen LogP) is -0.250. The van der Waals surface area contributed by atoms with Crippen LogP contribution in [0.2, 0.25) is 0 Å². The molecule has 0 saturated carbocycles. The van der Waals surface area contributed by atoms with Crippen LogP contribution in [-0.2, 0) is 0 Å². The predicted molar refractivity (Wildman–Crippen MR) is 32.3 cm³/mol. The van der Waals surface area contributed by atoms with Gasteiger partial charge in [-0.1, -0.05) is 0 Å². The Hall–Kier alpha value is -1.12. The molecule has 3 nitrogen and oxygen atoms in total. The average Bonchev–Trinajstić information content (AvgIpc) is 1.64. The number of hydrogen-bond acceptors (Lipinski definition) is 3.